The van der Waals surface area contributed by atoms with E-state index in [1.807, 2.05) is 0 Å². The van der Waals surface area contributed by atoms with Gasteiger partial charge in [-0.05, 0) is 32.6 Å². The van der Waals surface area contributed by atoms with Gasteiger partial charge in [0.2, 0.25) is 0 Å². The summed E-state index contributed by atoms with van der Waals surface area (Å²) >= 11 is 0. The van der Waals surface area contributed by atoms with Crippen LogP contribution in [0.1, 0.15) is 58.3 Å². The molecule has 2 aliphatic rings. The summed E-state index contributed by atoms with van der Waals surface area (Å²) in [6, 6.07) is 0.227. The molecule has 1 atom stereocenters. The number of hydrogen-bond donors (Lipinski definition) is 1. The predicted molar refractivity (Wildman–Crippen MR) is 81.9 cm³/mol. The van der Waals surface area contributed by atoms with Gasteiger partial charge in [-0.3, -0.25) is 10.1 Å². The fraction of sp³-hybridized carbons (Fsp3) is 0.933. The van der Waals surface area contributed by atoms with Crippen LogP contribution in [0.15, 0.2) is 0 Å². The zero-order valence-corrected chi connectivity index (χ0v) is 13.7. The second-order valence-electron chi connectivity index (χ2n) is 6.33. The lowest BCUT2D eigenvalue weighted by atomic mass is 9.92. The van der Waals surface area contributed by atoms with E-state index in [1.165, 1.54) is 12.8 Å². The Morgan fingerprint density at radius 2 is 1.86 bits per heavy atom. The molecule has 1 N–H and O–H groups in total. The molecule has 1 heterocycles. The smallest absolute Gasteiger partial charge is 0.327 e. The molecule has 0 bridgehead atoms. The zero-order valence-electron chi connectivity index (χ0n) is 12.9. The van der Waals surface area contributed by atoms with Crippen LogP contribution in [0.3, 0.4) is 0 Å². The van der Waals surface area contributed by atoms with Gasteiger partial charge in [0.15, 0.2) is 9.84 Å². The number of carbonyl (C=O) groups excluding carboxylic acids is 1. The maximum absolute atomic E-state index is 12.4. The largest absolute Gasteiger partial charge is 0.465 e. The third-order valence-corrected chi connectivity index (χ3v) is 6.37. The Kier molecular flexibility index (Phi) is 5.66. The van der Waals surface area contributed by atoms with E-state index in [2.05, 4.69) is 5.32 Å². The van der Waals surface area contributed by atoms with Gasteiger partial charge in [0.25, 0.3) is 0 Å². The molecule has 2 rings (SSSR count). The molecule has 1 saturated carbocycles. The van der Waals surface area contributed by atoms with E-state index in [9.17, 15) is 13.2 Å². The number of carbonyl (C=O) groups is 1. The van der Waals surface area contributed by atoms with E-state index < -0.39 is 21.3 Å². The Morgan fingerprint density at radius 3 is 2.43 bits per heavy atom. The van der Waals surface area contributed by atoms with Crippen molar-refractivity contribution < 1.29 is 17.9 Å². The topological polar surface area (TPSA) is 72.5 Å². The van der Waals surface area contributed by atoms with E-state index >= 15 is 0 Å². The number of hydrogen-bond acceptors (Lipinski definition) is 5. The highest BCUT2D eigenvalue weighted by molar-refractivity contribution is 7.91. The molecule has 1 aliphatic carbocycles. The van der Waals surface area contributed by atoms with Crippen LogP contribution in [0.2, 0.25) is 0 Å². The van der Waals surface area contributed by atoms with E-state index in [-0.39, 0.29) is 24.2 Å². The maximum atomic E-state index is 12.4. The fourth-order valence-electron chi connectivity index (χ4n) is 3.53. The third kappa shape index (κ3) is 4.42. The maximum Gasteiger partial charge on any atom is 0.327 e. The minimum atomic E-state index is -3.18. The Hall–Kier alpha value is -0.620. The Balaban J connectivity index is 2.16. The summed E-state index contributed by atoms with van der Waals surface area (Å²) in [5.41, 5.74) is -1.03. The van der Waals surface area contributed by atoms with Crippen molar-refractivity contribution in [3.8, 4) is 0 Å². The fourth-order valence-corrected chi connectivity index (χ4v) is 5.36. The first-order chi connectivity index (χ1) is 9.97. The quantitative estimate of drug-likeness (QED) is 0.632. The van der Waals surface area contributed by atoms with Crippen LogP contribution < -0.4 is 5.32 Å². The van der Waals surface area contributed by atoms with Gasteiger partial charge in [0.05, 0.1) is 18.1 Å². The monoisotopic (exact) mass is 317 g/mol. The summed E-state index contributed by atoms with van der Waals surface area (Å²) in [5, 5.41) is 3.40. The average Bonchev–Trinajstić information content (AvgIpc) is 2.66. The molecule has 21 heavy (non-hydrogen) atoms. The van der Waals surface area contributed by atoms with Crippen LogP contribution in [0, 0.1) is 0 Å². The first-order valence-electron chi connectivity index (χ1n) is 8.13. The Morgan fingerprint density at radius 1 is 1.19 bits per heavy atom. The van der Waals surface area contributed by atoms with Crippen molar-refractivity contribution in [1.82, 2.24) is 5.32 Å². The molecule has 0 spiro atoms. The van der Waals surface area contributed by atoms with E-state index in [0.29, 0.717) is 12.8 Å². The first kappa shape index (κ1) is 16.7. The molecule has 6 heteroatoms. The highest BCUT2D eigenvalue weighted by Gasteiger charge is 2.47. The normalized spacial score (nSPS) is 30.5. The predicted octanol–water partition coefficient (Wildman–Crippen LogP) is 1.81. The van der Waals surface area contributed by atoms with E-state index in [4.69, 9.17) is 4.74 Å². The molecule has 5 nitrogen and oxygen atoms in total. The summed E-state index contributed by atoms with van der Waals surface area (Å²) in [6.07, 6.45) is 7.85. The number of ether oxygens (including phenoxy) is 1. The molecule has 0 amide bonds. The molecule has 0 aromatic carbocycles. The molecule has 122 valence electrons. The SMILES string of the molecule is CCOC(=O)C1(NC2CCCCCC2)CCCS(=O)(=O)C1. The molecule has 1 aliphatic heterocycles. The van der Waals surface area contributed by atoms with Crippen LogP contribution in [0.4, 0.5) is 0 Å². The molecular weight excluding hydrogens is 290 g/mol. The standard InChI is InChI=1S/C15H27NO4S/c1-2-20-14(17)15(10-7-11-21(18,19)12-15)16-13-8-5-3-4-6-9-13/h13,16H,2-12H2,1H3. The van der Waals surface area contributed by atoms with Crippen molar-refractivity contribution in [3.05, 3.63) is 0 Å². The van der Waals surface area contributed by atoms with Crippen molar-refractivity contribution in [2.75, 3.05) is 18.1 Å². The van der Waals surface area contributed by atoms with Crippen LogP contribution >= 0.6 is 0 Å². The summed E-state index contributed by atoms with van der Waals surface area (Å²) in [4.78, 5) is 12.4. The average molecular weight is 317 g/mol. The number of esters is 1. The lowest BCUT2D eigenvalue weighted by Gasteiger charge is -2.38. The van der Waals surface area contributed by atoms with Gasteiger partial charge in [-0.2, -0.15) is 0 Å². The molecule has 1 unspecified atom stereocenters. The van der Waals surface area contributed by atoms with Crippen molar-refractivity contribution in [3.63, 3.8) is 0 Å². The number of nitrogens with one attached hydrogen (secondary N) is 1. The van der Waals surface area contributed by atoms with Gasteiger partial charge in [0, 0.05) is 6.04 Å². The van der Waals surface area contributed by atoms with Crippen molar-refractivity contribution in [2.24, 2.45) is 0 Å². The summed E-state index contributed by atoms with van der Waals surface area (Å²) < 4.78 is 29.3. The highest BCUT2D eigenvalue weighted by atomic mass is 32.2. The highest BCUT2D eigenvalue weighted by Crippen LogP contribution is 2.28. The van der Waals surface area contributed by atoms with E-state index in [1.54, 1.807) is 6.92 Å². The summed E-state index contributed by atoms with van der Waals surface area (Å²) in [6.45, 7) is 2.04. The van der Waals surface area contributed by atoms with Gasteiger partial charge < -0.3 is 4.74 Å². The van der Waals surface area contributed by atoms with E-state index in [0.717, 1.165) is 25.7 Å². The van der Waals surface area contributed by atoms with Crippen LogP contribution in [0.25, 0.3) is 0 Å². The van der Waals surface area contributed by atoms with Gasteiger partial charge in [-0.15, -0.1) is 0 Å². The molecular formula is C15H27NO4S. The lowest BCUT2D eigenvalue weighted by Crippen LogP contribution is -2.62. The number of rotatable bonds is 4. The summed E-state index contributed by atoms with van der Waals surface area (Å²) in [5.74, 6) is -0.326. The van der Waals surface area contributed by atoms with Gasteiger partial charge in [-0.25, -0.2) is 8.42 Å². The molecule has 1 saturated heterocycles. The van der Waals surface area contributed by atoms with Crippen molar-refractivity contribution in [1.29, 1.82) is 0 Å². The van der Waals surface area contributed by atoms with Crippen LogP contribution in [0.5, 0.6) is 0 Å². The summed E-state index contributed by atoms with van der Waals surface area (Å²) in [7, 11) is -3.18. The minimum absolute atomic E-state index is 0.116. The minimum Gasteiger partial charge on any atom is -0.465 e. The van der Waals surface area contributed by atoms with Crippen LogP contribution in [-0.2, 0) is 19.4 Å². The van der Waals surface area contributed by atoms with Gasteiger partial charge >= 0.3 is 5.97 Å². The van der Waals surface area contributed by atoms with Gasteiger partial charge in [-0.1, -0.05) is 25.7 Å². The van der Waals surface area contributed by atoms with Crippen LogP contribution in [-0.4, -0.2) is 44.1 Å². The second kappa shape index (κ2) is 7.09. The Bertz CT molecular complexity index is 454. The first-order valence-corrected chi connectivity index (χ1v) is 9.95. The molecule has 0 radical (unpaired) electrons. The van der Waals surface area contributed by atoms with Gasteiger partial charge in [0.1, 0.15) is 5.54 Å². The molecule has 2 fully saturated rings. The number of sulfone groups is 1. The zero-order chi connectivity index (χ0) is 15.3. The molecule has 0 aromatic heterocycles. The molecule has 0 aromatic rings. The van der Waals surface area contributed by atoms with Crippen molar-refractivity contribution >= 4 is 15.8 Å². The Labute approximate surface area is 127 Å². The third-order valence-electron chi connectivity index (χ3n) is 4.53. The second-order valence-corrected chi connectivity index (χ2v) is 8.52. The van der Waals surface area contributed by atoms with Crippen molar-refractivity contribution in [2.45, 2.75) is 69.9 Å². The lowest BCUT2D eigenvalue weighted by molar-refractivity contribution is -0.151.